The molecule has 1 heterocycles. The summed E-state index contributed by atoms with van der Waals surface area (Å²) in [5, 5.41) is 13.6. The number of ether oxygens (including phenoxy) is 1. The molecule has 0 spiro atoms. The smallest absolute Gasteiger partial charge is 0.258 e. The molecular weight excluding hydrogens is 468 g/mol. The minimum Gasteiger partial charge on any atom is -0.490 e. The fourth-order valence-electron chi connectivity index (χ4n) is 4.12. The van der Waals surface area contributed by atoms with E-state index in [1.54, 1.807) is 25.1 Å². The van der Waals surface area contributed by atoms with Crippen molar-refractivity contribution < 1.29 is 22.5 Å². The van der Waals surface area contributed by atoms with Crippen molar-refractivity contribution in [1.82, 2.24) is 14.9 Å². The van der Waals surface area contributed by atoms with Crippen LogP contribution in [0.2, 0.25) is 0 Å². The fourth-order valence-corrected chi connectivity index (χ4v) is 5.51. The van der Waals surface area contributed by atoms with Crippen LogP contribution in [0, 0.1) is 11.3 Å². The molecule has 1 aromatic heterocycles. The van der Waals surface area contributed by atoms with Gasteiger partial charge in [0.25, 0.3) is 5.89 Å². The fraction of sp³-hybridized carbons (Fsp3) is 0.360. The molecule has 2 aromatic carbocycles. The van der Waals surface area contributed by atoms with Gasteiger partial charge >= 0.3 is 0 Å². The van der Waals surface area contributed by atoms with Gasteiger partial charge in [-0.1, -0.05) is 30.3 Å². The van der Waals surface area contributed by atoms with Gasteiger partial charge in [-0.3, -0.25) is 4.79 Å². The largest absolute Gasteiger partial charge is 0.490 e. The third-order valence-electron chi connectivity index (χ3n) is 5.71. The first-order valence-electron chi connectivity index (χ1n) is 11.4. The van der Waals surface area contributed by atoms with Gasteiger partial charge in [-0.05, 0) is 56.0 Å². The van der Waals surface area contributed by atoms with Crippen LogP contribution in [-0.2, 0) is 21.2 Å². The van der Waals surface area contributed by atoms with Crippen LogP contribution in [0.15, 0.2) is 40.9 Å². The quantitative estimate of drug-likeness (QED) is 0.472. The highest BCUT2D eigenvalue weighted by atomic mass is 32.2. The van der Waals surface area contributed by atoms with E-state index in [1.165, 1.54) is 0 Å². The molecule has 0 aliphatic heterocycles. The third kappa shape index (κ3) is 5.42. The number of nitrogens with one attached hydrogen (secondary N) is 1. The van der Waals surface area contributed by atoms with E-state index < -0.39 is 21.8 Å². The van der Waals surface area contributed by atoms with Crippen LogP contribution in [0.1, 0.15) is 56.3 Å². The SMILES string of the molecule is CCC(=O)CS(=O)(=O)N[C@@H]1CCc2c(-c3noc(-c4ccc(OC(C)C)c(C#N)c4)n3)cccc21. The second kappa shape index (κ2) is 9.98. The molecule has 10 heteroatoms. The molecule has 9 nitrogen and oxygen atoms in total. The molecule has 1 N–H and O–H groups in total. The number of hydrogen-bond donors (Lipinski definition) is 1. The van der Waals surface area contributed by atoms with E-state index in [1.807, 2.05) is 32.0 Å². The van der Waals surface area contributed by atoms with Gasteiger partial charge in [0.1, 0.15) is 23.4 Å². The van der Waals surface area contributed by atoms with E-state index >= 15 is 0 Å². The van der Waals surface area contributed by atoms with Gasteiger partial charge in [0.05, 0.1) is 11.7 Å². The molecule has 0 bridgehead atoms. The Kier molecular flexibility index (Phi) is 7.00. The first kappa shape index (κ1) is 24.6. The summed E-state index contributed by atoms with van der Waals surface area (Å²) in [6.07, 6.45) is 1.31. The second-order valence-corrected chi connectivity index (χ2v) is 10.4. The van der Waals surface area contributed by atoms with E-state index in [-0.39, 0.29) is 24.2 Å². The average Bonchev–Trinajstić information content (AvgIpc) is 3.46. The Labute approximate surface area is 204 Å². The molecular formula is C25H26N4O5S. The maximum absolute atomic E-state index is 12.4. The van der Waals surface area contributed by atoms with Gasteiger partial charge in [0.2, 0.25) is 15.8 Å². The molecule has 1 aliphatic carbocycles. The Balaban J connectivity index is 1.60. The molecule has 4 rings (SSSR count). The first-order valence-corrected chi connectivity index (χ1v) is 13.0. The number of ketones is 1. The lowest BCUT2D eigenvalue weighted by atomic mass is 10.0. The number of Topliss-reactive ketones (excluding diaryl/α,β-unsaturated/α-hetero) is 1. The second-order valence-electron chi connectivity index (χ2n) is 8.65. The maximum Gasteiger partial charge on any atom is 0.258 e. The van der Waals surface area contributed by atoms with Gasteiger partial charge < -0.3 is 9.26 Å². The number of hydrogen-bond acceptors (Lipinski definition) is 8. The lowest BCUT2D eigenvalue weighted by Gasteiger charge is -2.14. The molecule has 35 heavy (non-hydrogen) atoms. The van der Waals surface area contributed by atoms with Crippen LogP contribution in [0.5, 0.6) is 5.75 Å². The van der Waals surface area contributed by atoms with E-state index in [0.717, 1.165) is 16.7 Å². The van der Waals surface area contributed by atoms with E-state index in [9.17, 15) is 18.5 Å². The number of carbonyl (C=O) groups is 1. The summed E-state index contributed by atoms with van der Waals surface area (Å²) in [7, 11) is -3.73. The Hall–Kier alpha value is -3.55. The van der Waals surface area contributed by atoms with Gasteiger partial charge in [0.15, 0.2) is 0 Å². The summed E-state index contributed by atoms with van der Waals surface area (Å²) in [5.41, 5.74) is 3.49. The lowest BCUT2D eigenvalue weighted by Crippen LogP contribution is -2.32. The number of benzene rings is 2. The monoisotopic (exact) mass is 494 g/mol. The molecule has 3 aromatic rings. The summed E-state index contributed by atoms with van der Waals surface area (Å²) in [5.74, 6) is 0.281. The number of carbonyl (C=O) groups excluding carboxylic acids is 1. The maximum atomic E-state index is 12.4. The van der Waals surface area contributed by atoms with Crippen molar-refractivity contribution in [3.63, 3.8) is 0 Å². The zero-order chi connectivity index (χ0) is 25.2. The van der Waals surface area contributed by atoms with Crippen molar-refractivity contribution in [2.24, 2.45) is 0 Å². The molecule has 1 aliphatic rings. The van der Waals surface area contributed by atoms with Crippen molar-refractivity contribution in [3.05, 3.63) is 53.1 Å². The Morgan fingerprint density at radius 3 is 2.83 bits per heavy atom. The number of aromatic nitrogens is 2. The number of nitrogens with zero attached hydrogens (tertiary/aromatic N) is 3. The molecule has 0 amide bonds. The minimum absolute atomic E-state index is 0.0661. The van der Waals surface area contributed by atoms with Crippen LogP contribution >= 0.6 is 0 Å². The van der Waals surface area contributed by atoms with E-state index in [2.05, 4.69) is 20.9 Å². The summed E-state index contributed by atoms with van der Waals surface area (Å²) in [6, 6.07) is 12.4. The molecule has 0 unspecified atom stereocenters. The lowest BCUT2D eigenvalue weighted by molar-refractivity contribution is -0.116. The Morgan fingerprint density at radius 1 is 1.31 bits per heavy atom. The summed E-state index contributed by atoms with van der Waals surface area (Å²) < 4.78 is 38.6. The normalized spacial score (nSPS) is 15.1. The first-order chi connectivity index (χ1) is 16.7. The molecule has 1 atom stereocenters. The van der Waals surface area contributed by atoms with Crippen molar-refractivity contribution in [2.75, 3.05) is 5.75 Å². The predicted molar refractivity (Wildman–Crippen MR) is 129 cm³/mol. The highest BCUT2D eigenvalue weighted by Crippen LogP contribution is 2.38. The molecule has 0 fully saturated rings. The molecule has 0 saturated carbocycles. The van der Waals surface area contributed by atoms with Crippen LogP contribution in [0.25, 0.3) is 22.8 Å². The van der Waals surface area contributed by atoms with Crippen molar-refractivity contribution >= 4 is 15.8 Å². The van der Waals surface area contributed by atoms with Crippen LogP contribution in [0.3, 0.4) is 0 Å². The molecule has 182 valence electrons. The van der Waals surface area contributed by atoms with Gasteiger partial charge in [-0.25, -0.2) is 13.1 Å². The highest BCUT2D eigenvalue weighted by Gasteiger charge is 2.30. The number of rotatable bonds is 9. The van der Waals surface area contributed by atoms with Crippen molar-refractivity contribution in [2.45, 2.75) is 52.2 Å². The van der Waals surface area contributed by atoms with E-state index in [0.29, 0.717) is 35.5 Å². The molecule has 0 radical (unpaired) electrons. The minimum atomic E-state index is -3.73. The van der Waals surface area contributed by atoms with Gasteiger partial charge in [-0.15, -0.1) is 0 Å². The number of nitriles is 1. The topological polar surface area (TPSA) is 135 Å². The summed E-state index contributed by atoms with van der Waals surface area (Å²) in [6.45, 7) is 5.42. The van der Waals surface area contributed by atoms with Gasteiger partial charge in [-0.2, -0.15) is 10.2 Å². The summed E-state index contributed by atoms with van der Waals surface area (Å²) >= 11 is 0. The summed E-state index contributed by atoms with van der Waals surface area (Å²) in [4.78, 5) is 16.2. The van der Waals surface area contributed by atoms with Crippen molar-refractivity contribution in [3.8, 4) is 34.7 Å². The highest BCUT2D eigenvalue weighted by molar-refractivity contribution is 7.90. The number of fused-ring (bicyclic) bond motifs is 1. The standard InChI is InChI=1S/C25H26N4O5S/c1-4-18(30)14-35(31,32)29-22-10-9-19-20(22)6-5-7-21(19)24-27-25(34-28-24)16-8-11-23(33-15(2)3)17(12-16)13-26/h5-8,11-12,15,22,29H,4,9-10,14H2,1-3H3/t22-/m1/s1. The Bertz CT molecular complexity index is 1410. The van der Waals surface area contributed by atoms with Crippen LogP contribution in [-0.4, -0.2) is 36.2 Å². The zero-order valence-corrected chi connectivity index (χ0v) is 20.6. The van der Waals surface area contributed by atoms with Crippen molar-refractivity contribution in [1.29, 1.82) is 5.26 Å². The Morgan fingerprint density at radius 2 is 2.11 bits per heavy atom. The average molecular weight is 495 g/mol. The third-order valence-corrected chi connectivity index (χ3v) is 7.06. The van der Waals surface area contributed by atoms with Crippen LogP contribution < -0.4 is 9.46 Å². The van der Waals surface area contributed by atoms with Crippen LogP contribution in [0.4, 0.5) is 0 Å². The number of sulfonamides is 1. The van der Waals surface area contributed by atoms with E-state index in [4.69, 9.17) is 9.26 Å². The molecule has 0 saturated heterocycles. The van der Waals surface area contributed by atoms with Gasteiger partial charge in [0, 0.05) is 23.6 Å². The zero-order valence-electron chi connectivity index (χ0n) is 19.7. The predicted octanol–water partition coefficient (Wildman–Crippen LogP) is 3.95.